The first-order valence-electron chi connectivity index (χ1n) is 4.04. The summed E-state index contributed by atoms with van der Waals surface area (Å²) in [6.07, 6.45) is 0. The molecule has 0 spiro atoms. The van der Waals surface area contributed by atoms with E-state index in [1.54, 1.807) is 18.2 Å². The molecule has 1 heterocycles. The Kier molecular flexibility index (Phi) is 6.76. The molecule has 0 bridgehead atoms. The fraction of sp³-hybridized carbons (Fsp3) is 0.125. The molecule has 0 aromatic heterocycles. The van der Waals surface area contributed by atoms with Crippen molar-refractivity contribution >= 4 is 53.9 Å². The minimum Gasteiger partial charge on any atom is -0.894 e. The third kappa shape index (κ3) is 5.90. The molecule has 1 aromatic carbocycles. The Morgan fingerprint density at radius 1 is 1.18 bits per heavy atom. The summed E-state index contributed by atoms with van der Waals surface area (Å²) in [5, 5.41) is 0. The van der Waals surface area contributed by atoms with Gasteiger partial charge in [-0.25, -0.2) is 4.79 Å². The molecular formula is C8H5ClO6PbSi-4. The summed E-state index contributed by atoms with van der Waals surface area (Å²) >= 11 is 5.69. The molecule has 92 valence electrons. The van der Waals surface area contributed by atoms with Crippen LogP contribution < -0.4 is 19.2 Å². The fourth-order valence-electron chi connectivity index (χ4n) is 1.10. The molecule has 1 aromatic rings. The second-order valence-corrected chi connectivity index (χ2v) is 4.20. The van der Waals surface area contributed by atoms with Crippen molar-refractivity contribution in [2.45, 2.75) is 5.56 Å². The Morgan fingerprint density at radius 3 is 2.12 bits per heavy atom. The molecule has 0 N–H and O–H groups in total. The minimum atomic E-state index is -5.61. The van der Waals surface area contributed by atoms with Crippen LogP contribution in [0.2, 0.25) is 0 Å². The summed E-state index contributed by atoms with van der Waals surface area (Å²) in [5.74, 6) is -0.333. The van der Waals surface area contributed by atoms with Crippen LogP contribution in [0.25, 0.3) is 0 Å². The number of hydrogen-bond donors (Lipinski definition) is 0. The van der Waals surface area contributed by atoms with Gasteiger partial charge in [0, 0.05) is 32.9 Å². The largest absolute Gasteiger partial charge is 0.894 e. The SMILES string of the molecule is O=C1OC(Cl)c2ccccc21.[O-][Si]([O-])([O-])[O-].[Pb]. The monoisotopic (exact) mass is 468 g/mol. The number of alkyl halides is 1. The van der Waals surface area contributed by atoms with Gasteiger partial charge in [-0.3, -0.25) is 0 Å². The van der Waals surface area contributed by atoms with Gasteiger partial charge >= 0.3 is 5.97 Å². The van der Waals surface area contributed by atoms with E-state index in [9.17, 15) is 4.79 Å². The standard InChI is InChI=1S/C8H5ClO2.O4Si.Pb/c9-7-5-3-1-2-4-6(5)8(10)11-7;1-5(2,3)4;/h1-4,7H;;/q;-4;. The van der Waals surface area contributed by atoms with Gasteiger partial charge in [0.15, 0.2) is 0 Å². The number of ether oxygens (including phenoxy) is 1. The van der Waals surface area contributed by atoms with Gasteiger partial charge < -0.3 is 33.0 Å². The third-order valence-electron chi connectivity index (χ3n) is 1.64. The first kappa shape index (κ1) is 17.0. The zero-order valence-electron chi connectivity index (χ0n) is 8.21. The van der Waals surface area contributed by atoms with Crippen LogP contribution in [-0.2, 0) is 4.74 Å². The maximum absolute atomic E-state index is 11.0. The molecule has 0 saturated carbocycles. The fourth-order valence-corrected chi connectivity index (χ4v) is 1.37. The van der Waals surface area contributed by atoms with Crippen LogP contribution in [0.4, 0.5) is 0 Å². The summed E-state index contributed by atoms with van der Waals surface area (Å²) in [6.45, 7) is 0. The van der Waals surface area contributed by atoms with E-state index in [0.717, 1.165) is 5.56 Å². The van der Waals surface area contributed by atoms with Crippen LogP contribution in [0.3, 0.4) is 0 Å². The summed E-state index contributed by atoms with van der Waals surface area (Å²) in [6, 6.07) is 7.11. The summed E-state index contributed by atoms with van der Waals surface area (Å²) in [4.78, 5) is 45.3. The van der Waals surface area contributed by atoms with Gasteiger partial charge in [-0.05, 0) is 6.07 Å². The zero-order valence-corrected chi connectivity index (χ0v) is 13.9. The molecule has 0 amide bonds. The number of rotatable bonds is 0. The summed E-state index contributed by atoms with van der Waals surface area (Å²) < 4.78 is 4.76. The predicted molar refractivity (Wildman–Crippen MR) is 52.0 cm³/mol. The van der Waals surface area contributed by atoms with Gasteiger partial charge in [-0.2, -0.15) is 0 Å². The number of esters is 1. The molecular weight excluding hydrogens is 463 g/mol. The number of hydrogen-bond acceptors (Lipinski definition) is 6. The molecule has 0 aliphatic carbocycles. The first-order chi connectivity index (χ1) is 7.29. The van der Waals surface area contributed by atoms with E-state index in [4.69, 9.17) is 35.5 Å². The second-order valence-electron chi connectivity index (χ2n) is 2.81. The number of carbonyl (C=O) groups excluding carboxylic acids is 1. The van der Waals surface area contributed by atoms with Gasteiger partial charge in [0.2, 0.25) is 5.56 Å². The van der Waals surface area contributed by atoms with E-state index in [1.165, 1.54) is 0 Å². The Morgan fingerprint density at radius 2 is 1.65 bits per heavy atom. The van der Waals surface area contributed by atoms with Gasteiger partial charge in [0.1, 0.15) is 0 Å². The van der Waals surface area contributed by atoms with E-state index >= 15 is 0 Å². The molecule has 1 aliphatic rings. The van der Waals surface area contributed by atoms with Crippen LogP contribution in [-0.4, -0.2) is 42.3 Å². The van der Waals surface area contributed by atoms with E-state index in [2.05, 4.69) is 0 Å². The van der Waals surface area contributed by atoms with Crippen LogP contribution >= 0.6 is 11.6 Å². The molecule has 4 radical (unpaired) electrons. The van der Waals surface area contributed by atoms with E-state index in [0.29, 0.717) is 5.56 Å². The average molecular weight is 468 g/mol. The van der Waals surface area contributed by atoms with Crippen molar-refractivity contribution in [3.05, 3.63) is 35.4 Å². The van der Waals surface area contributed by atoms with Crippen LogP contribution in [0.1, 0.15) is 21.5 Å². The third-order valence-corrected chi connectivity index (χ3v) is 1.96. The van der Waals surface area contributed by atoms with Crippen LogP contribution in [0.15, 0.2) is 24.3 Å². The number of carbonyl (C=O) groups is 1. The van der Waals surface area contributed by atoms with Gasteiger partial charge in [-0.1, -0.05) is 29.8 Å². The minimum absolute atomic E-state index is 0. The molecule has 0 saturated heterocycles. The molecule has 6 nitrogen and oxygen atoms in total. The van der Waals surface area contributed by atoms with E-state index in [1.807, 2.05) is 6.07 Å². The van der Waals surface area contributed by atoms with Gasteiger partial charge in [0.25, 0.3) is 0 Å². The first-order valence-corrected chi connectivity index (χ1v) is 6.11. The van der Waals surface area contributed by atoms with Crippen molar-refractivity contribution in [3.8, 4) is 0 Å². The molecule has 17 heavy (non-hydrogen) atoms. The average Bonchev–Trinajstić information content (AvgIpc) is 2.41. The smallest absolute Gasteiger partial charge is 0.340 e. The molecule has 1 aliphatic heterocycles. The van der Waals surface area contributed by atoms with Crippen LogP contribution in [0.5, 0.6) is 0 Å². The van der Waals surface area contributed by atoms with E-state index in [-0.39, 0.29) is 33.3 Å². The maximum atomic E-state index is 11.0. The molecule has 0 fully saturated rings. The van der Waals surface area contributed by atoms with Crippen molar-refractivity contribution in [2.24, 2.45) is 0 Å². The van der Waals surface area contributed by atoms with Crippen molar-refractivity contribution in [1.29, 1.82) is 0 Å². The molecule has 2 rings (SSSR count). The predicted octanol–water partition coefficient (Wildman–Crippen LogP) is -3.42. The number of benzene rings is 1. The number of cyclic esters (lactones) is 1. The quantitative estimate of drug-likeness (QED) is 0.223. The second kappa shape index (κ2) is 6.77. The van der Waals surface area contributed by atoms with Crippen LogP contribution in [0, 0.1) is 0 Å². The summed E-state index contributed by atoms with van der Waals surface area (Å²) in [5.41, 5.74) is 0.741. The Hall–Kier alpha value is -0.0410. The summed E-state index contributed by atoms with van der Waals surface area (Å²) in [7, 11) is -5.61. The molecule has 1 atom stereocenters. The molecule has 1 unspecified atom stereocenters. The molecule has 9 heteroatoms. The van der Waals surface area contributed by atoms with Crippen molar-refractivity contribution in [2.75, 3.05) is 0 Å². The van der Waals surface area contributed by atoms with Crippen molar-refractivity contribution < 1.29 is 28.7 Å². The van der Waals surface area contributed by atoms with Gasteiger partial charge in [-0.15, -0.1) is 0 Å². The Labute approximate surface area is 123 Å². The topological polar surface area (TPSA) is 119 Å². The Balaban J connectivity index is 0.000000373. The number of halogens is 1. The van der Waals surface area contributed by atoms with Crippen molar-refractivity contribution in [1.82, 2.24) is 0 Å². The zero-order chi connectivity index (χ0) is 12.3. The van der Waals surface area contributed by atoms with E-state index < -0.39 is 14.6 Å². The number of fused-ring (bicyclic) bond motifs is 1. The Bertz CT molecular complexity index is 390. The maximum Gasteiger partial charge on any atom is 0.340 e. The normalized spacial score (nSPS) is 17.2. The van der Waals surface area contributed by atoms with Crippen molar-refractivity contribution in [3.63, 3.8) is 0 Å². The van der Waals surface area contributed by atoms with Gasteiger partial charge in [0.05, 0.1) is 5.56 Å².